The molecule has 0 saturated carbocycles. The van der Waals surface area contributed by atoms with E-state index in [0.29, 0.717) is 12.3 Å². The molecule has 0 aromatic heterocycles. The largest absolute Gasteiger partial charge is 0.399 e. The van der Waals surface area contributed by atoms with Crippen LogP contribution in [0.25, 0.3) is 0 Å². The minimum atomic E-state index is -3.78. The Labute approximate surface area is 128 Å². The molecular formula is C12H16Cl2N2O3S. The number of morpholine rings is 1. The van der Waals surface area contributed by atoms with Crippen molar-refractivity contribution in [3.05, 3.63) is 22.2 Å². The van der Waals surface area contributed by atoms with Gasteiger partial charge in [-0.1, -0.05) is 23.2 Å². The smallest absolute Gasteiger partial charge is 0.246 e. The second kappa shape index (κ2) is 5.35. The fourth-order valence-electron chi connectivity index (χ4n) is 2.13. The first-order chi connectivity index (χ1) is 9.13. The van der Waals surface area contributed by atoms with E-state index in [1.54, 1.807) is 0 Å². The van der Waals surface area contributed by atoms with Gasteiger partial charge in [-0.05, 0) is 26.0 Å². The lowest BCUT2D eigenvalue weighted by molar-refractivity contribution is -0.0640. The highest BCUT2D eigenvalue weighted by Gasteiger charge is 2.37. The van der Waals surface area contributed by atoms with E-state index in [9.17, 15) is 8.42 Å². The molecular weight excluding hydrogens is 323 g/mol. The molecule has 0 amide bonds. The maximum absolute atomic E-state index is 12.7. The van der Waals surface area contributed by atoms with Crippen LogP contribution in [0.4, 0.5) is 5.69 Å². The van der Waals surface area contributed by atoms with Crippen molar-refractivity contribution in [1.29, 1.82) is 0 Å². The van der Waals surface area contributed by atoms with Crippen molar-refractivity contribution in [1.82, 2.24) is 4.31 Å². The third kappa shape index (κ3) is 3.04. The lowest BCUT2D eigenvalue weighted by Gasteiger charge is -2.37. The van der Waals surface area contributed by atoms with Gasteiger partial charge in [0.05, 0.1) is 22.3 Å². The fraction of sp³-hybridized carbons (Fsp3) is 0.500. The molecule has 1 fully saturated rings. The van der Waals surface area contributed by atoms with Crippen LogP contribution >= 0.6 is 23.2 Å². The molecule has 1 aliphatic rings. The Morgan fingerprint density at radius 1 is 1.30 bits per heavy atom. The zero-order valence-corrected chi connectivity index (χ0v) is 13.5. The lowest BCUT2D eigenvalue weighted by Crippen LogP contribution is -2.50. The molecule has 0 radical (unpaired) electrons. The predicted molar refractivity (Wildman–Crippen MR) is 79.7 cm³/mol. The van der Waals surface area contributed by atoms with Gasteiger partial charge in [-0.15, -0.1) is 0 Å². The van der Waals surface area contributed by atoms with Crippen LogP contribution in [0.2, 0.25) is 10.0 Å². The van der Waals surface area contributed by atoms with Crippen molar-refractivity contribution in [2.45, 2.75) is 24.3 Å². The van der Waals surface area contributed by atoms with Gasteiger partial charge in [-0.25, -0.2) is 8.42 Å². The maximum Gasteiger partial charge on any atom is 0.246 e. The van der Waals surface area contributed by atoms with E-state index in [4.69, 9.17) is 33.7 Å². The Morgan fingerprint density at radius 2 is 1.85 bits per heavy atom. The minimum Gasteiger partial charge on any atom is -0.399 e. The Morgan fingerprint density at radius 3 is 2.35 bits per heavy atom. The Kier molecular flexibility index (Phi) is 4.24. The standard InChI is InChI=1S/C12H16Cl2N2O3S/c1-12(2)7-16(3-4-19-12)20(17,18)11-9(13)5-8(15)6-10(11)14/h5-6H,3-4,7,15H2,1-2H3. The second-order valence-corrected chi connectivity index (χ2v) is 7.95. The average Bonchev–Trinajstić information content (AvgIpc) is 2.25. The summed E-state index contributed by atoms with van der Waals surface area (Å²) in [5.74, 6) is 0. The Balaban J connectivity index is 2.46. The van der Waals surface area contributed by atoms with Gasteiger partial charge in [0, 0.05) is 18.8 Å². The molecule has 0 bridgehead atoms. The maximum atomic E-state index is 12.7. The predicted octanol–water partition coefficient (Wildman–Crippen LogP) is 2.38. The SMILES string of the molecule is CC1(C)CN(S(=O)(=O)c2c(Cl)cc(N)cc2Cl)CCO1. The van der Waals surface area contributed by atoms with Gasteiger partial charge in [0.15, 0.2) is 0 Å². The van der Waals surface area contributed by atoms with Crippen LogP contribution in [0.5, 0.6) is 0 Å². The fourth-order valence-corrected chi connectivity index (χ4v) is 4.89. The van der Waals surface area contributed by atoms with Crippen LogP contribution in [0, 0.1) is 0 Å². The van der Waals surface area contributed by atoms with Crippen LogP contribution in [0.15, 0.2) is 17.0 Å². The summed E-state index contributed by atoms with van der Waals surface area (Å²) in [5, 5.41) is 0.0543. The summed E-state index contributed by atoms with van der Waals surface area (Å²) in [6, 6.07) is 2.76. The van der Waals surface area contributed by atoms with E-state index < -0.39 is 15.6 Å². The number of nitrogen functional groups attached to an aromatic ring is 1. The van der Waals surface area contributed by atoms with E-state index >= 15 is 0 Å². The molecule has 0 atom stereocenters. The molecule has 0 spiro atoms. The number of hydrogen-bond donors (Lipinski definition) is 1. The van der Waals surface area contributed by atoms with Crippen LogP contribution in [0.1, 0.15) is 13.8 Å². The number of hydrogen-bond acceptors (Lipinski definition) is 4. The third-order valence-electron chi connectivity index (χ3n) is 3.01. The molecule has 8 heteroatoms. The quantitative estimate of drug-likeness (QED) is 0.840. The van der Waals surface area contributed by atoms with Crippen molar-refractivity contribution >= 4 is 38.9 Å². The van der Waals surface area contributed by atoms with Gasteiger partial charge in [0.1, 0.15) is 4.90 Å². The number of nitrogens with zero attached hydrogens (tertiary/aromatic N) is 1. The zero-order valence-electron chi connectivity index (χ0n) is 11.2. The number of anilines is 1. The molecule has 5 nitrogen and oxygen atoms in total. The molecule has 0 aliphatic carbocycles. The van der Waals surface area contributed by atoms with Crippen molar-refractivity contribution in [2.24, 2.45) is 0 Å². The van der Waals surface area contributed by atoms with Gasteiger partial charge >= 0.3 is 0 Å². The molecule has 112 valence electrons. The monoisotopic (exact) mass is 338 g/mol. The minimum absolute atomic E-state index is 0.0271. The highest BCUT2D eigenvalue weighted by Crippen LogP contribution is 2.35. The average molecular weight is 339 g/mol. The number of ether oxygens (including phenoxy) is 1. The third-order valence-corrected chi connectivity index (χ3v) is 5.78. The molecule has 2 N–H and O–H groups in total. The zero-order chi connectivity index (χ0) is 15.1. The number of benzene rings is 1. The van der Waals surface area contributed by atoms with Crippen molar-refractivity contribution in [3.63, 3.8) is 0 Å². The van der Waals surface area contributed by atoms with E-state index in [1.165, 1.54) is 16.4 Å². The summed E-state index contributed by atoms with van der Waals surface area (Å²) < 4.78 is 32.2. The molecule has 1 aliphatic heterocycles. The second-order valence-electron chi connectivity index (χ2n) is 5.26. The number of sulfonamides is 1. The molecule has 1 aromatic rings. The first-order valence-corrected chi connectivity index (χ1v) is 8.22. The van der Waals surface area contributed by atoms with E-state index in [-0.39, 0.29) is 28.0 Å². The van der Waals surface area contributed by atoms with Crippen LogP contribution in [-0.4, -0.2) is 38.0 Å². The van der Waals surface area contributed by atoms with Gasteiger partial charge in [0.2, 0.25) is 10.0 Å². The lowest BCUT2D eigenvalue weighted by atomic mass is 10.1. The van der Waals surface area contributed by atoms with Gasteiger partial charge in [0.25, 0.3) is 0 Å². The van der Waals surface area contributed by atoms with E-state index in [0.717, 1.165) is 0 Å². The van der Waals surface area contributed by atoms with Gasteiger partial charge in [-0.2, -0.15) is 4.31 Å². The summed E-state index contributed by atoms with van der Waals surface area (Å²) in [7, 11) is -3.78. The summed E-state index contributed by atoms with van der Waals surface area (Å²) in [6.45, 7) is 4.51. The van der Waals surface area contributed by atoms with Crippen molar-refractivity contribution < 1.29 is 13.2 Å². The number of nitrogens with two attached hydrogens (primary N) is 1. The van der Waals surface area contributed by atoms with Crippen molar-refractivity contribution in [2.75, 3.05) is 25.4 Å². The first kappa shape index (κ1) is 15.9. The van der Waals surface area contributed by atoms with Crippen LogP contribution in [0.3, 0.4) is 0 Å². The van der Waals surface area contributed by atoms with E-state index in [1.807, 2.05) is 13.8 Å². The van der Waals surface area contributed by atoms with Crippen LogP contribution < -0.4 is 5.73 Å². The highest BCUT2D eigenvalue weighted by atomic mass is 35.5. The van der Waals surface area contributed by atoms with Gasteiger partial charge < -0.3 is 10.5 Å². The molecule has 1 saturated heterocycles. The molecule has 0 unspecified atom stereocenters. The first-order valence-electron chi connectivity index (χ1n) is 6.02. The summed E-state index contributed by atoms with van der Waals surface area (Å²) in [5.41, 5.74) is 5.37. The molecule has 1 aromatic carbocycles. The topological polar surface area (TPSA) is 72.6 Å². The Hall–Kier alpha value is -0.530. The van der Waals surface area contributed by atoms with Crippen molar-refractivity contribution in [3.8, 4) is 0 Å². The summed E-state index contributed by atoms with van der Waals surface area (Å²) in [6.07, 6.45) is 0. The molecule has 20 heavy (non-hydrogen) atoms. The van der Waals surface area contributed by atoms with Gasteiger partial charge in [-0.3, -0.25) is 0 Å². The number of halogens is 2. The summed E-state index contributed by atoms with van der Waals surface area (Å²) in [4.78, 5) is -0.104. The van der Waals surface area contributed by atoms with Crippen LogP contribution in [-0.2, 0) is 14.8 Å². The Bertz CT molecular complexity index is 609. The highest BCUT2D eigenvalue weighted by molar-refractivity contribution is 7.89. The molecule has 2 rings (SSSR count). The number of rotatable bonds is 2. The van der Waals surface area contributed by atoms with E-state index in [2.05, 4.69) is 0 Å². The molecule has 1 heterocycles. The normalized spacial score (nSPS) is 20.0. The summed E-state index contributed by atoms with van der Waals surface area (Å²) >= 11 is 12.0.